The fraction of sp³-hybridized carbons (Fsp3) is 0.408. The third kappa shape index (κ3) is 17.8. The Balaban J connectivity index is 1.10. The van der Waals surface area contributed by atoms with E-state index in [0.29, 0.717) is 12.2 Å². The number of carbonyl (C=O) groups is 9. The molecule has 1 saturated heterocycles. The second-order valence-electron chi connectivity index (χ2n) is 18.1. The van der Waals surface area contributed by atoms with Gasteiger partial charge in [0.05, 0.1) is 75.6 Å². The molecular weight excluding hydrogens is 1070 g/mol. The summed E-state index contributed by atoms with van der Waals surface area (Å²) in [5.41, 5.74) is -2.53. The molecule has 0 saturated carbocycles. The first-order valence-corrected chi connectivity index (χ1v) is 24.1. The summed E-state index contributed by atoms with van der Waals surface area (Å²) >= 11 is 0. The molecule has 1 aromatic heterocycles. The zero-order chi connectivity index (χ0) is 58.7. The summed E-state index contributed by atoms with van der Waals surface area (Å²) in [6.07, 6.45) is 0.393. The van der Waals surface area contributed by atoms with E-state index in [4.69, 9.17) is 28.4 Å². The molecule has 31 nitrogen and oxygen atoms in total. The number of hydrogen-bond acceptors (Lipinski definition) is 23. The minimum atomic E-state index is -2.02. The number of carboxylic acid groups (broad SMARTS) is 1. The van der Waals surface area contributed by atoms with E-state index in [1.54, 1.807) is 27.0 Å². The molecule has 432 valence electrons. The van der Waals surface area contributed by atoms with Crippen LogP contribution in [0.2, 0.25) is 0 Å². The van der Waals surface area contributed by atoms with Gasteiger partial charge in [-0.2, -0.15) is 0 Å². The van der Waals surface area contributed by atoms with Crippen LogP contribution in [-0.2, 0) is 60.7 Å². The van der Waals surface area contributed by atoms with Crippen LogP contribution in [0.15, 0.2) is 54.7 Å². The number of aromatic nitrogens is 3. The number of amides is 6. The summed E-state index contributed by atoms with van der Waals surface area (Å²) in [5, 5.41) is 90.3. The molecule has 3 aromatic carbocycles. The number of nitrogens with one attached hydrogen (secondary N) is 5. The minimum absolute atomic E-state index is 0.0176. The van der Waals surface area contributed by atoms with E-state index in [-0.39, 0.29) is 64.8 Å². The van der Waals surface area contributed by atoms with Gasteiger partial charge in [-0.3, -0.25) is 28.9 Å². The number of para-hydroxylation sites is 2. The summed E-state index contributed by atoms with van der Waals surface area (Å²) in [6.45, 7) is 2.79. The first kappa shape index (κ1) is 61.4. The van der Waals surface area contributed by atoms with Crippen LogP contribution in [0.1, 0.15) is 67.9 Å². The molecular formula is C49H59N9O22. The monoisotopic (exact) mass is 1130 g/mol. The van der Waals surface area contributed by atoms with E-state index < -0.39 is 148 Å². The number of rotatable bonds is 23. The van der Waals surface area contributed by atoms with Gasteiger partial charge in [-0.15, -0.1) is 5.10 Å². The van der Waals surface area contributed by atoms with Crippen molar-refractivity contribution in [2.45, 2.75) is 57.5 Å². The molecule has 6 amide bonds. The van der Waals surface area contributed by atoms with E-state index in [1.807, 2.05) is 0 Å². The Bertz CT molecular complexity index is 2840. The first-order chi connectivity index (χ1) is 37.9. The van der Waals surface area contributed by atoms with Crippen molar-refractivity contribution in [1.29, 1.82) is 0 Å². The topological polar surface area (TPSA) is 445 Å². The fourth-order valence-corrected chi connectivity index (χ4v) is 6.91. The Hall–Kier alpha value is -9.49. The molecule has 5 rings (SSSR count). The minimum Gasteiger partial charge on any atom is -0.504 e. The number of esters is 3. The van der Waals surface area contributed by atoms with Crippen molar-refractivity contribution in [3.63, 3.8) is 0 Å². The molecule has 3 atom stereocenters. The third-order valence-corrected chi connectivity index (χ3v) is 11.2. The van der Waals surface area contributed by atoms with Crippen molar-refractivity contribution in [2.24, 2.45) is 0 Å². The lowest BCUT2D eigenvalue weighted by atomic mass is 10.1. The van der Waals surface area contributed by atoms with Crippen LogP contribution in [0.4, 0.5) is 4.79 Å². The van der Waals surface area contributed by atoms with Crippen LogP contribution in [-0.4, -0.2) is 205 Å². The number of nitrogens with zero attached hydrogens (tertiary/aromatic N) is 4. The predicted octanol–water partition coefficient (Wildman–Crippen LogP) is -1.27. The number of aromatic hydroxyl groups is 6. The van der Waals surface area contributed by atoms with Crippen LogP contribution in [0, 0.1) is 0 Å². The van der Waals surface area contributed by atoms with Gasteiger partial charge in [-0.05, 0) is 57.2 Å². The van der Waals surface area contributed by atoms with Crippen molar-refractivity contribution in [1.82, 2.24) is 46.5 Å². The third-order valence-electron chi connectivity index (χ3n) is 11.2. The highest BCUT2D eigenvalue weighted by molar-refractivity contribution is 6.04. The van der Waals surface area contributed by atoms with Crippen molar-refractivity contribution < 1.29 is 107 Å². The van der Waals surface area contributed by atoms with Gasteiger partial charge in [0.25, 0.3) is 23.6 Å². The smallest absolute Gasteiger partial charge is 0.408 e. The molecule has 0 bridgehead atoms. The quantitative estimate of drug-likeness (QED) is 0.0178. The van der Waals surface area contributed by atoms with E-state index in [0.717, 1.165) is 41.3 Å². The summed E-state index contributed by atoms with van der Waals surface area (Å²) in [6, 6.07) is 2.39. The maximum atomic E-state index is 13.7. The predicted molar refractivity (Wildman–Crippen MR) is 267 cm³/mol. The number of hydrogen-bond donors (Lipinski definition) is 12. The molecule has 4 aromatic rings. The van der Waals surface area contributed by atoms with Crippen LogP contribution in [0.25, 0.3) is 0 Å². The average molecular weight is 1130 g/mol. The van der Waals surface area contributed by atoms with Crippen LogP contribution >= 0.6 is 0 Å². The number of phenols is 6. The molecule has 80 heavy (non-hydrogen) atoms. The van der Waals surface area contributed by atoms with E-state index in [9.17, 15) is 78.9 Å². The zero-order valence-electron chi connectivity index (χ0n) is 43.2. The Morgan fingerprint density at radius 2 is 1.09 bits per heavy atom. The van der Waals surface area contributed by atoms with Gasteiger partial charge in [0.15, 0.2) is 52.6 Å². The van der Waals surface area contributed by atoms with Crippen molar-refractivity contribution in [3.8, 4) is 34.5 Å². The number of phenolic OH excluding ortho intramolecular Hbond substituents is 6. The second kappa shape index (κ2) is 28.8. The number of cyclic esters (lactones) is 3. The van der Waals surface area contributed by atoms with Crippen molar-refractivity contribution in [2.75, 3.05) is 72.6 Å². The molecule has 12 N–H and O–H groups in total. The van der Waals surface area contributed by atoms with Gasteiger partial charge >= 0.3 is 24.0 Å². The standard InChI is InChI=1S/C49H59N9O22/c1-49(2,3)58(48(73)74)22-37(62)51-20-27-21-57(56-55-27)11-13-76-15-17-77-16-14-75-12-10-50-41(66)26-18-30(40(65)36(61)19-26)44(69)54-33-25-80-46(71)31(52-42(67)28-6-4-8-34(59)38(28)63)23-78-45(70)32(24-79-47(33)72)53-43(68)29-7-5-9-35(60)39(29)64/h4-9,18-19,21,31-33,59-61,63-65H,10-17,20,22-25H2,1-3H3,(H,50,66)(H,51,62)(H,52,67)(H,53,68)(H,54,69)(H,73,74)/t31-,32-,33-/m0/s1. The maximum absolute atomic E-state index is 13.7. The van der Waals surface area contributed by atoms with Crippen LogP contribution in [0.5, 0.6) is 34.5 Å². The van der Waals surface area contributed by atoms with Crippen molar-refractivity contribution in [3.05, 3.63) is 82.7 Å². The second-order valence-corrected chi connectivity index (χ2v) is 18.1. The molecule has 1 aliphatic rings. The molecule has 0 unspecified atom stereocenters. The molecule has 31 heteroatoms. The van der Waals surface area contributed by atoms with E-state index in [2.05, 4.69) is 36.9 Å². The first-order valence-electron chi connectivity index (χ1n) is 24.1. The average Bonchev–Trinajstić information content (AvgIpc) is 3.87. The van der Waals surface area contributed by atoms with Gasteiger partial charge in [-0.1, -0.05) is 17.3 Å². The highest BCUT2D eigenvalue weighted by atomic mass is 16.6. The molecule has 1 fully saturated rings. The van der Waals surface area contributed by atoms with E-state index >= 15 is 0 Å². The van der Waals surface area contributed by atoms with Gasteiger partial charge in [-0.25, -0.2) is 23.9 Å². The van der Waals surface area contributed by atoms with E-state index in [1.165, 1.54) is 16.8 Å². The number of ether oxygens (including phenoxy) is 6. The lowest BCUT2D eigenvalue weighted by Crippen LogP contribution is -2.52. The molecule has 1 aliphatic heterocycles. The largest absolute Gasteiger partial charge is 0.504 e. The SMILES string of the molecule is CC(C)(C)N(CC(=O)NCc1cn(CCOCCOCCOCCNC(=O)c2cc(O)c(O)c(C(=O)N[C@H]3COC(=O)[C@@H](NC(=O)c4cccc(O)c4O)COC(=O)[C@@H](NC(=O)c4cccc(O)c4O)COC3=O)c2)nn1)C(=O)O. The maximum Gasteiger partial charge on any atom is 0.408 e. The summed E-state index contributed by atoms with van der Waals surface area (Å²) in [5.74, 6) is -14.5. The highest BCUT2D eigenvalue weighted by Gasteiger charge is 2.35. The normalized spacial score (nSPS) is 15.8. The Morgan fingerprint density at radius 1 is 0.625 bits per heavy atom. The Kier molecular flexibility index (Phi) is 22.1. The number of benzene rings is 3. The fourth-order valence-electron chi connectivity index (χ4n) is 6.91. The molecule has 0 aliphatic carbocycles. The lowest BCUT2D eigenvalue weighted by molar-refractivity contribution is -0.160. The summed E-state index contributed by atoms with van der Waals surface area (Å²) in [4.78, 5) is 118. The van der Waals surface area contributed by atoms with Gasteiger partial charge < -0.3 is 90.8 Å². The van der Waals surface area contributed by atoms with Gasteiger partial charge in [0, 0.05) is 17.6 Å². The Labute approximate surface area is 453 Å². The molecule has 0 spiro atoms. The Morgan fingerprint density at radius 3 is 1.57 bits per heavy atom. The van der Waals surface area contributed by atoms with Gasteiger partial charge in [0.1, 0.15) is 32.1 Å². The summed E-state index contributed by atoms with van der Waals surface area (Å²) < 4.78 is 33.5. The summed E-state index contributed by atoms with van der Waals surface area (Å²) in [7, 11) is 0. The van der Waals surface area contributed by atoms with Crippen LogP contribution < -0.4 is 26.6 Å². The van der Waals surface area contributed by atoms with Gasteiger partial charge in [0.2, 0.25) is 5.91 Å². The van der Waals surface area contributed by atoms with Crippen molar-refractivity contribution >= 4 is 53.5 Å². The zero-order valence-corrected chi connectivity index (χ0v) is 43.2. The number of carbonyl (C=O) groups excluding carboxylic acids is 8. The highest BCUT2D eigenvalue weighted by Crippen LogP contribution is 2.32. The van der Waals surface area contributed by atoms with Crippen LogP contribution in [0.3, 0.4) is 0 Å². The lowest BCUT2D eigenvalue weighted by Gasteiger charge is -2.32. The molecule has 0 radical (unpaired) electrons. The molecule has 2 heterocycles.